The van der Waals surface area contributed by atoms with Crippen molar-refractivity contribution in [1.82, 2.24) is 20.9 Å². The van der Waals surface area contributed by atoms with Crippen LogP contribution in [0.15, 0.2) is 16.8 Å². The quantitative estimate of drug-likeness (QED) is 0.0250. The predicted molar refractivity (Wildman–Crippen MR) is 515 cm³/mol. The minimum Gasteiger partial charge on any atom is -0.480 e. The number of hydrogen-bond acceptors (Lipinski definition) is 20. The summed E-state index contributed by atoms with van der Waals surface area (Å²) in [5, 5.41) is 19.5. The van der Waals surface area contributed by atoms with Gasteiger partial charge in [-0.15, -0.1) is 0 Å². The van der Waals surface area contributed by atoms with Crippen molar-refractivity contribution in [2.45, 2.75) is 493 Å². The summed E-state index contributed by atoms with van der Waals surface area (Å²) in [7, 11) is 0. The van der Waals surface area contributed by atoms with Gasteiger partial charge < -0.3 is 44.7 Å². The molecule has 123 heavy (non-hydrogen) atoms. The summed E-state index contributed by atoms with van der Waals surface area (Å²) in [5.41, 5.74) is 0.722. The largest absolute Gasteiger partial charge is 0.480 e. The Morgan fingerprint density at radius 3 is 0.911 bits per heavy atom. The van der Waals surface area contributed by atoms with Crippen molar-refractivity contribution in [1.29, 1.82) is 0 Å². The lowest BCUT2D eigenvalue weighted by atomic mass is 9.96. The standard InChI is InChI=1S/C37H66N2O6.2C22H43NO3.C21H41NO3S/c1-3-5-7-9-11-13-15-17-19-21-30-44-35(40)25-28-39(34(37(42)43)32-33-24-23-27-38-33)29-26-36(41)45-31-22-20-18-16-14-12-10-8-6-4-2;1-5-6-7-8-9-10-11-12-13-14-17-26-22(25)15-16-23-21(20(4)24)18-19(2)3;1-5-7-8-9-10-11-12-13-14-15-18-26-21(25)16-17-23-22(20(4)24)19(3)6-2;1-4-5-6-7-8-9-10-11-12-13-17-25-21(24)14-16-22-20(19(2)23)15-18-26-3/h24,27,34H,3-23,25-26,28-32H2,1-2H3,(H,42,43);19,21,23H,5-18H2,1-4H3;19,22-23H,5-18H2,1-4H3;20,22H,4-18H2,1-3H3. The molecule has 5 unspecified atom stereocenters. The molecule has 0 fully saturated rings. The number of esters is 5. The number of nitrogens with zero attached hydrogens (tertiary/aromatic N) is 2. The maximum absolute atomic E-state index is 12.5. The van der Waals surface area contributed by atoms with Crippen LogP contribution >= 0.6 is 11.8 Å². The van der Waals surface area contributed by atoms with Gasteiger partial charge in [0, 0.05) is 57.5 Å². The molecule has 0 bridgehead atoms. The van der Waals surface area contributed by atoms with Gasteiger partial charge in [-0.1, -0.05) is 364 Å². The molecular formula is C102H193N5O15S. The van der Waals surface area contributed by atoms with E-state index < -0.39 is 12.0 Å². The van der Waals surface area contributed by atoms with Crippen LogP contribution < -0.4 is 16.0 Å². The molecule has 722 valence electrons. The molecule has 0 saturated carbocycles. The van der Waals surface area contributed by atoms with E-state index in [-0.39, 0.29) is 104 Å². The molecule has 0 amide bonds. The van der Waals surface area contributed by atoms with Crippen LogP contribution in [0.1, 0.15) is 468 Å². The Labute approximate surface area is 758 Å². The first-order valence-corrected chi connectivity index (χ1v) is 52.1. The highest BCUT2D eigenvalue weighted by molar-refractivity contribution is 7.98. The van der Waals surface area contributed by atoms with Crippen LogP contribution in [0, 0.1) is 11.8 Å². The molecule has 1 heterocycles. The highest BCUT2D eigenvalue weighted by Crippen LogP contribution is 2.21. The Kier molecular flexibility index (Phi) is 94.7. The van der Waals surface area contributed by atoms with Crippen LogP contribution in [-0.2, 0) is 66.8 Å². The number of Topliss-reactive ketones (excluding diaryl/α,β-unsaturated/α-hetero) is 3. The number of carboxylic acid groups (broad SMARTS) is 1. The SMILES string of the molecule is CCCCCCCCCCCCOC(=O)CCN(CCC(=O)OCCCCCCCCCCCC)C(CC1=CCC=N1)C(=O)O.CCCCCCCCCCCCOC(=O)CCNC(C(C)=O)C(C)CC.CCCCCCCCCCCCOC(=O)CCNC(CC(C)C)C(C)=O.CCCCCCCCCCCCOC(=O)CCNC(CCSC)C(C)=O. The van der Waals surface area contributed by atoms with E-state index in [0.717, 1.165) is 108 Å². The summed E-state index contributed by atoms with van der Waals surface area (Å²) in [5.74, 6) is -0.0526. The summed E-state index contributed by atoms with van der Waals surface area (Å²) in [4.78, 5) is 113. The van der Waals surface area contributed by atoms with E-state index in [1.54, 1.807) is 43.6 Å². The Hall–Kier alpha value is -4.57. The van der Waals surface area contributed by atoms with Crippen LogP contribution in [0.3, 0.4) is 0 Å². The Morgan fingerprint density at radius 2 is 0.667 bits per heavy atom. The van der Waals surface area contributed by atoms with Crippen molar-refractivity contribution in [3.05, 3.63) is 11.8 Å². The number of ketones is 3. The number of ether oxygens (including phenoxy) is 5. The molecule has 0 aliphatic carbocycles. The van der Waals surface area contributed by atoms with Gasteiger partial charge in [0.1, 0.15) is 23.4 Å². The van der Waals surface area contributed by atoms with Gasteiger partial charge in [-0.3, -0.25) is 53.0 Å². The minimum absolute atomic E-state index is 0.0809. The number of nitrogens with one attached hydrogen (secondary N) is 3. The Morgan fingerprint density at radius 1 is 0.390 bits per heavy atom. The van der Waals surface area contributed by atoms with Gasteiger partial charge in [0.15, 0.2) is 0 Å². The first-order valence-electron chi connectivity index (χ1n) is 50.8. The zero-order valence-corrected chi connectivity index (χ0v) is 82.6. The number of rotatable bonds is 87. The van der Waals surface area contributed by atoms with Crippen molar-refractivity contribution in [3.63, 3.8) is 0 Å². The average Bonchev–Trinajstić information content (AvgIpc) is 1.77. The van der Waals surface area contributed by atoms with Crippen LogP contribution in [0.5, 0.6) is 0 Å². The van der Waals surface area contributed by atoms with E-state index in [1.165, 1.54) is 244 Å². The summed E-state index contributed by atoms with van der Waals surface area (Å²) in [6.45, 7) is 28.6. The molecule has 1 aliphatic rings. The van der Waals surface area contributed by atoms with Gasteiger partial charge in [-0.05, 0) is 89.6 Å². The number of carbonyl (C=O) groups excluding carboxylic acids is 8. The zero-order valence-electron chi connectivity index (χ0n) is 81.8. The van der Waals surface area contributed by atoms with E-state index in [9.17, 15) is 48.3 Å². The highest BCUT2D eigenvalue weighted by Gasteiger charge is 2.29. The fourth-order valence-corrected chi connectivity index (χ4v) is 15.3. The molecule has 0 radical (unpaired) electrons. The first-order chi connectivity index (χ1) is 59.6. The molecule has 0 saturated heterocycles. The zero-order chi connectivity index (χ0) is 91.5. The lowest BCUT2D eigenvalue weighted by Gasteiger charge is -2.28. The number of allylic oxidation sites excluding steroid dienone is 1. The number of carboxylic acids is 1. The third-order valence-electron chi connectivity index (χ3n) is 22.9. The van der Waals surface area contributed by atoms with E-state index in [1.807, 2.05) is 12.3 Å². The fraction of sp³-hybridized carbons (Fsp3) is 0.882. The number of aliphatic carboxylic acids is 1. The van der Waals surface area contributed by atoms with Gasteiger partial charge >= 0.3 is 35.8 Å². The molecule has 0 spiro atoms. The van der Waals surface area contributed by atoms with Crippen molar-refractivity contribution in [2.24, 2.45) is 16.8 Å². The number of unbranched alkanes of at least 4 members (excludes halogenated alkanes) is 45. The monoisotopic (exact) mass is 1760 g/mol. The van der Waals surface area contributed by atoms with Gasteiger partial charge in [0.05, 0.1) is 83.3 Å². The van der Waals surface area contributed by atoms with E-state index in [2.05, 4.69) is 83.3 Å². The lowest BCUT2D eigenvalue weighted by Crippen LogP contribution is -2.43. The number of aliphatic imine (C=N–C) groups is 1. The second-order valence-corrected chi connectivity index (χ2v) is 36.2. The van der Waals surface area contributed by atoms with Crippen LogP contribution in [-0.4, -0.2) is 171 Å². The molecule has 4 N–H and O–H groups in total. The average molecular weight is 1760 g/mol. The maximum atomic E-state index is 12.5. The molecule has 5 atom stereocenters. The van der Waals surface area contributed by atoms with Crippen LogP contribution in [0.25, 0.3) is 0 Å². The number of hydrogen-bond donors (Lipinski definition) is 4. The molecule has 0 aromatic heterocycles. The second kappa shape index (κ2) is 95.0. The summed E-state index contributed by atoms with van der Waals surface area (Å²) < 4.78 is 26.7. The predicted octanol–water partition coefficient (Wildman–Crippen LogP) is 25.2. The van der Waals surface area contributed by atoms with Gasteiger partial charge in [-0.25, -0.2) is 0 Å². The normalized spacial score (nSPS) is 12.9. The molecule has 20 nitrogen and oxygen atoms in total. The lowest BCUT2D eigenvalue weighted by molar-refractivity contribution is -0.149. The van der Waals surface area contributed by atoms with Crippen LogP contribution in [0.2, 0.25) is 0 Å². The third-order valence-corrected chi connectivity index (χ3v) is 23.6. The van der Waals surface area contributed by atoms with Gasteiger partial charge in [-0.2, -0.15) is 11.8 Å². The maximum Gasteiger partial charge on any atom is 0.321 e. The van der Waals surface area contributed by atoms with Crippen LogP contribution in [0.4, 0.5) is 0 Å². The molecule has 1 rings (SSSR count). The van der Waals surface area contributed by atoms with Crippen molar-refractivity contribution in [3.8, 4) is 0 Å². The molecule has 21 heteroatoms. The van der Waals surface area contributed by atoms with Crippen molar-refractivity contribution < 1.29 is 71.9 Å². The van der Waals surface area contributed by atoms with Gasteiger partial charge in [0.25, 0.3) is 0 Å². The van der Waals surface area contributed by atoms with Crippen molar-refractivity contribution >= 4 is 71.1 Å². The molecule has 1 aliphatic heterocycles. The molecule has 0 aromatic rings. The Balaban J connectivity index is -0.00000162. The summed E-state index contributed by atoms with van der Waals surface area (Å²) in [6, 6.07) is -1.33. The fourth-order valence-electron chi connectivity index (χ4n) is 14.8. The molecular weight excluding hydrogens is 1570 g/mol. The molecule has 0 aromatic carbocycles. The summed E-state index contributed by atoms with van der Waals surface area (Å²) >= 11 is 1.73. The first kappa shape index (κ1) is 123. The number of thioether (sulfide) groups is 1. The minimum atomic E-state index is -0.990. The van der Waals surface area contributed by atoms with E-state index >= 15 is 0 Å². The second-order valence-electron chi connectivity index (χ2n) is 35.2. The van der Waals surface area contributed by atoms with E-state index in [4.69, 9.17) is 23.7 Å². The van der Waals surface area contributed by atoms with Crippen molar-refractivity contribution in [2.75, 3.05) is 77.8 Å². The Bertz CT molecular complexity index is 2500. The van der Waals surface area contributed by atoms with Gasteiger partial charge in [0.2, 0.25) is 0 Å². The highest BCUT2D eigenvalue weighted by atomic mass is 32.2. The smallest absolute Gasteiger partial charge is 0.321 e. The third kappa shape index (κ3) is 87.9. The summed E-state index contributed by atoms with van der Waals surface area (Å²) in [6.07, 6.45) is 72.9. The number of carbonyl (C=O) groups is 9. The van der Waals surface area contributed by atoms with E-state index in [0.29, 0.717) is 84.3 Å². The topological polar surface area (TPSA) is 272 Å².